The van der Waals surface area contributed by atoms with Crippen LogP contribution < -0.4 is 5.32 Å². The highest BCUT2D eigenvalue weighted by Crippen LogP contribution is 1.97. The Labute approximate surface area is 73.6 Å². The minimum atomic E-state index is 0.715. The number of rotatable bonds is 5. The first kappa shape index (κ1) is 9.23. The van der Waals surface area contributed by atoms with E-state index in [1.54, 1.807) is 7.11 Å². The van der Waals surface area contributed by atoms with Gasteiger partial charge in [0, 0.05) is 20.2 Å². The zero-order valence-corrected chi connectivity index (χ0v) is 7.36. The van der Waals surface area contributed by atoms with Gasteiger partial charge in [-0.2, -0.15) is 0 Å². The zero-order chi connectivity index (χ0) is 8.65. The fourth-order valence-electron chi connectivity index (χ4n) is 0.947. The molecule has 1 radical (unpaired) electrons. The Morgan fingerprint density at radius 2 is 2.00 bits per heavy atom. The Morgan fingerprint density at radius 1 is 1.25 bits per heavy atom. The average molecular weight is 164 g/mol. The topological polar surface area (TPSA) is 23.3 Å². The van der Waals surface area contributed by atoms with Gasteiger partial charge in [-0.05, 0) is 5.56 Å². The molecule has 0 N–H and O–H groups in total. The van der Waals surface area contributed by atoms with Gasteiger partial charge in [-0.1, -0.05) is 30.3 Å². The Kier molecular flexibility index (Phi) is 4.42. The van der Waals surface area contributed by atoms with Crippen LogP contribution in [-0.2, 0) is 11.3 Å². The standard InChI is InChI=1S/C10H14NO/c1-12-8-7-11-9-10-5-3-2-4-6-10/h2-6H,7-9H2,1H3. The van der Waals surface area contributed by atoms with E-state index in [0.717, 1.165) is 13.1 Å². The summed E-state index contributed by atoms with van der Waals surface area (Å²) in [6.07, 6.45) is 0. The Bertz CT molecular complexity index is 198. The predicted molar refractivity (Wildman–Crippen MR) is 49.0 cm³/mol. The second-order valence-electron chi connectivity index (χ2n) is 2.58. The molecular weight excluding hydrogens is 150 g/mol. The molecule has 12 heavy (non-hydrogen) atoms. The van der Waals surface area contributed by atoms with Crippen molar-refractivity contribution in [3.63, 3.8) is 0 Å². The van der Waals surface area contributed by atoms with Crippen molar-refractivity contribution in [3.05, 3.63) is 35.9 Å². The van der Waals surface area contributed by atoms with E-state index in [1.807, 2.05) is 18.2 Å². The summed E-state index contributed by atoms with van der Waals surface area (Å²) in [6.45, 7) is 2.29. The number of nitrogens with zero attached hydrogens (tertiary/aromatic N) is 1. The molecule has 0 saturated carbocycles. The molecule has 1 aromatic carbocycles. The molecule has 0 saturated heterocycles. The van der Waals surface area contributed by atoms with Gasteiger partial charge in [0.15, 0.2) is 0 Å². The Balaban J connectivity index is 2.16. The van der Waals surface area contributed by atoms with Crippen LogP contribution in [0.3, 0.4) is 0 Å². The van der Waals surface area contributed by atoms with E-state index in [0.29, 0.717) is 6.61 Å². The molecular formula is C10H14NO. The molecule has 0 aliphatic carbocycles. The van der Waals surface area contributed by atoms with Crippen LogP contribution in [0.5, 0.6) is 0 Å². The van der Waals surface area contributed by atoms with E-state index in [2.05, 4.69) is 17.4 Å². The summed E-state index contributed by atoms with van der Waals surface area (Å²) in [5, 5.41) is 4.31. The molecule has 0 heterocycles. The summed E-state index contributed by atoms with van der Waals surface area (Å²) in [4.78, 5) is 0. The zero-order valence-electron chi connectivity index (χ0n) is 7.36. The maximum atomic E-state index is 4.89. The van der Waals surface area contributed by atoms with Crippen molar-refractivity contribution in [2.24, 2.45) is 0 Å². The lowest BCUT2D eigenvalue weighted by Crippen LogP contribution is -2.11. The number of ether oxygens (including phenoxy) is 1. The van der Waals surface area contributed by atoms with E-state index < -0.39 is 0 Å². The van der Waals surface area contributed by atoms with E-state index in [9.17, 15) is 0 Å². The number of methoxy groups -OCH3 is 1. The molecule has 0 aliphatic rings. The van der Waals surface area contributed by atoms with Crippen LogP contribution in [0.4, 0.5) is 0 Å². The number of hydrogen-bond acceptors (Lipinski definition) is 1. The summed E-state index contributed by atoms with van der Waals surface area (Å²) in [7, 11) is 1.69. The van der Waals surface area contributed by atoms with Crippen LogP contribution in [0.2, 0.25) is 0 Å². The van der Waals surface area contributed by atoms with Gasteiger partial charge < -0.3 is 4.74 Å². The first-order valence-corrected chi connectivity index (χ1v) is 4.09. The third-order valence-corrected chi connectivity index (χ3v) is 1.59. The van der Waals surface area contributed by atoms with E-state index in [4.69, 9.17) is 4.74 Å². The summed E-state index contributed by atoms with van der Waals surface area (Å²) >= 11 is 0. The largest absolute Gasteiger partial charge is 0.383 e. The van der Waals surface area contributed by atoms with Crippen LogP contribution in [0, 0.1) is 0 Å². The van der Waals surface area contributed by atoms with Crippen LogP contribution >= 0.6 is 0 Å². The molecule has 0 aliphatic heterocycles. The minimum absolute atomic E-state index is 0.715. The van der Waals surface area contributed by atoms with Gasteiger partial charge in [0.05, 0.1) is 6.61 Å². The molecule has 0 unspecified atom stereocenters. The minimum Gasteiger partial charge on any atom is -0.383 e. The maximum absolute atomic E-state index is 4.89. The van der Waals surface area contributed by atoms with Crippen molar-refractivity contribution >= 4 is 0 Å². The van der Waals surface area contributed by atoms with Crippen LogP contribution in [-0.4, -0.2) is 20.3 Å². The average Bonchev–Trinajstić information content (AvgIpc) is 2.14. The smallest absolute Gasteiger partial charge is 0.0603 e. The Morgan fingerprint density at radius 3 is 2.67 bits per heavy atom. The molecule has 0 aromatic heterocycles. The highest BCUT2D eigenvalue weighted by atomic mass is 16.5. The van der Waals surface area contributed by atoms with Crippen molar-refractivity contribution in [1.29, 1.82) is 0 Å². The van der Waals surface area contributed by atoms with Gasteiger partial charge in [-0.25, -0.2) is 5.32 Å². The van der Waals surface area contributed by atoms with Gasteiger partial charge in [0.2, 0.25) is 0 Å². The second-order valence-corrected chi connectivity index (χ2v) is 2.58. The van der Waals surface area contributed by atoms with Gasteiger partial charge in [0.25, 0.3) is 0 Å². The Hall–Kier alpha value is -0.860. The van der Waals surface area contributed by atoms with Crippen molar-refractivity contribution in [1.82, 2.24) is 5.32 Å². The fourth-order valence-corrected chi connectivity index (χ4v) is 0.947. The highest BCUT2D eigenvalue weighted by molar-refractivity contribution is 5.14. The molecule has 65 valence electrons. The van der Waals surface area contributed by atoms with Crippen LogP contribution in [0.1, 0.15) is 5.56 Å². The SMILES string of the molecule is COCC[N]Cc1ccccc1. The summed E-state index contributed by atoms with van der Waals surface area (Å²) in [5.74, 6) is 0. The number of benzene rings is 1. The first-order valence-electron chi connectivity index (χ1n) is 4.09. The van der Waals surface area contributed by atoms with Crippen molar-refractivity contribution < 1.29 is 4.74 Å². The fraction of sp³-hybridized carbons (Fsp3) is 0.400. The molecule has 2 nitrogen and oxygen atoms in total. The third-order valence-electron chi connectivity index (χ3n) is 1.59. The molecule has 2 heteroatoms. The van der Waals surface area contributed by atoms with E-state index in [-0.39, 0.29) is 0 Å². The lowest BCUT2D eigenvalue weighted by Gasteiger charge is -2.00. The summed E-state index contributed by atoms with van der Waals surface area (Å²) in [5.41, 5.74) is 1.26. The first-order chi connectivity index (χ1) is 5.93. The lowest BCUT2D eigenvalue weighted by molar-refractivity contribution is 0.198. The summed E-state index contributed by atoms with van der Waals surface area (Å²) < 4.78 is 4.89. The lowest BCUT2D eigenvalue weighted by atomic mass is 10.2. The third kappa shape index (κ3) is 3.51. The predicted octanol–water partition coefficient (Wildman–Crippen LogP) is 1.44. The van der Waals surface area contributed by atoms with E-state index in [1.165, 1.54) is 5.56 Å². The van der Waals surface area contributed by atoms with Gasteiger partial charge in [0.1, 0.15) is 0 Å². The molecule has 0 bridgehead atoms. The van der Waals surface area contributed by atoms with Crippen molar-refractivity contribution in [3.8, 4) is 0 Å². The van der Waals surface area contributed by atoms with Crippen LogP contribution in [0.15, 0.2) is 30.3 Å². The monoisotopic (exact) mass is 164 g/mol. The quantitative estimate of drug-likeness (QED) is 0.604. The molecule has 0 atom stereocenters. The molecule has 0 fully saturated rings. The number of hydrogen-bond donors (Lipinski definition) is 0. The van der Waals surface area contributed by atoms with E-state index >= 15 is 0 Å². The second kappa shape index (κ2) is 5.75. The van der Waals surface area contributed by atoms with Gasteiger partial charge >= 0.3 is 0 Å². The summed E-state index contributed by atoms with van der Waals surface area (Å²) in [6, 6.07) is 10.2. The molecule has 0 spiro atoms. The highest BCUT2D eigenvalue weighted by Gasteiger charge is 1.90. The van der Waals surface area contributed by atoms with Crippen LogP contribution in [0.25, 0.3) is 0 Å². The normalized spacial score (nSPS) is 10.1. The van der Waals surface area contributed by atoms with Crippen molar-refractivity contribution in [2.45, 2.75) is 6.54 Å². The van der Waals surface area contributed by atoms with Gasteiger partial charge in [-0.15, -0.1) is 0 Å². The molecule has 0 amide bonds. The van der Waals surface area contributed by atoms with Crippen molar-refractivity contribution in [2.75, 3.05) is 20.3 Å². The molecule has 1 aromatic rings. The maximum Gasteiger partial charge on any atom is 0.0603 e. The van der Waals surface area contributed by atoms with Gasteiger partial charge in [-0.3, -0.25) is 0 Å². The molecule has 1 rings (SSSR count).